The fourth-order valence-corrected chi connectivity index (χ4v) is 2.09. The van der Waals surface area contributed by atoms with Crippen LogP contribution in [0.5, 0.6) is 0 Å². The number of aromatic amines is 1. The number of aliphatic hydroxyl groups is 1. The number of unbranched alkanes of at least 4 members (excludes halogenated alkanes) is 1. The van der Waals surface area contributed by atoms with Gasteiger partial charge in [-0.25, -0.2) is 4.79 Å². The number of rotatable bonds is 5. The van der Waals surface area contributed by atoms with E-state index in [1.54, 1.807) is 6.20 Å². The van der Waals surface area contributed by atoms with Crippen LogP contribution >= 0.6 is 0 Å². The minimum absolute atomic E-state index is 0.106. The third kappa shape index (κ3) is 3.45. The highest BCUT2D eigenvalue weighted by Crippen LogP contribution is 2.08. The molecule has 0 radical (unpaired) electrons. The first-order chi connectivity index (χ1) is 9.22. The van der Waals surface area contributed by atoms with Crippen LogP contribution in [0.3, 0.4) is 0 Å². The van der Waals surface area contributed by atoms with Gasteiger partial charge >= 0.3 is 5.69 Å². The zero-order valence-electron chi connectivity index (χ0n) is 10.8. The van der Waals surface area contributed by atoms with E-state index in [0.29, 0.717) is 51.4 Å². The van der Waals surface area contributed by atoms with Crippen LogP contribution in [0.2, 0.25) is 0 Å². The highest BCUT2D eigenvalue weighted by Gasteiger charge is 2.15. The lowest BCUT2D eigenvalue weighted by Gasteiger charge is -2.28. The summed E-state index contributed by atoms with van der Waals surface area (Å²) in [7, 11) is 0. The Balaban J connectivity index is 2.20. The summed E-state index contributed by atoms with van der Waals surface area (Å²) in [6.07, 6.45) is 2.94. The molecular formula is C12H19N3O4. The number of aromatic nitrogens is 2. The summed E-state index contributed by atoms with van der Waals surface area (Å²) in [5.74, 6) is 0. The van der Waals surface area contributed by atoms with Crippen molar-refractivity contribution in [2.24, 2.45) is 0 Å². The molecular weight excluding hydrogens is 250 g/mol. The predicted molar refractivity (Wildman–Crippen MR) is 70.7 cm³/mol. The number of hydrogen-bond donors (Lipinski definition) is 2. The molecule has 1 aliphatic heterocycles. The predicted octanol–water partition coefficient (Wildman–Crippen LogP) is -0.854. The van der Waals surface area contributed by atoms with Gasteiger partial charge in [0.1, 0.15) is 5.69 Å². The molecule has 0 saturated carbocycles. The molecule has 7 heteroatoms. The van der Waals surface area contributed by atoms with Crippen LogP contribution < -0.4 is 16.1 Å². The van der Waals surface area contributed by atoms with Gasteiger partial charge < -0.3 is 14.7 Å². The zero-order valence-corrected chi connectivity index (χ0v) is 10.8. The van der Waals surface area contributed by atoms with Gasteiger partial charge in [0.25, 0.3) is 5.56 Å². The second kappa shape index (κ2) is 6.53. The molecule has 1 aromatic rings. The molecule has 2 rings (SSSR count). The summed E-state index contributed by atoms with van der Waals surface area (Å²) in [4.78, 5) is 27.8. The Morgan fingerprint density at radius 1 is 1.26 bits per heavy atom. The second-order valence-corrected chi connectivity index (χ2v) is 4.50. The zero-order chi connectivity index (χ0) is 13.7. The summed E-state index contributed by atoms with van der Waals surface area (Å²) >= 11 is 0. The molecule has 2 N–H and O–H groups in total. The first kappa shape index (κ1) is 13.8. The summed E-state index contributed by atoms with van der Waals surface area (Å²) in [6.45, 7) is 3.07. The number of H-pyrrole nitrogens is 1. The minimum atomic E-state index is -0.403. The van der Waals surface area contributed by atoms with E-state index >= 15 is 0 Å². The molecule has 1 fully saturated rings. The van der Waals surface area contributed by atoms with Gasteiger partial charge in [0.15, 0.2) is 0 Å². The van der Waals surface area contributed by atoms with E-state index in [9.17, 15) is 9.59 Å². The maximum absolute atomic E-state index is 11.8. The van der Waals surface area contributed by atoms with Crippen LogP contribution in [0, 0.1) is 0 Å². The Bertz CT molecular complexity index is 516. The first-order valence-corrected chi connectivity index (χ1v) is 6.49. The van der Waals surface area contributed by atoms with Crippen molar-refractivity contribution in [3.8, 4) is 0 Å². The number of nitrogens with one attached hydrogen (secondary N) is 1. The Morgan fingerprint density at radius 3 is 2.68 bits per heavy atom. The number of aliphatic hydroxyl groups excluding tert-OH is 1. The van der Waals surface area contributed by atoms with E-state index in [4.69, 9.17) is 9.84 Å². The van der Waals surface area contributed by atoms with Crippen molar-refractivity contribution in [1.29, 1.82) is 0 Å². The summed E-state index contributed by atoms with van der Waals surface area (Å²) in [5, 5.41) is 8.75. The largest absolute Gasteiger partial charge is 0.396 e. The molecule has 19 heavy (non-hydrogen) atoms. The molecule has 0 aliphatic carbocycles. The molecule has 0 aromatic carbocycles. The van der Waals surface area contributed by atoms with Crippen molar-refractivity contribution in [3.05, 3.63) is 27.0 Å². The summed E-state index contributed by atoms with van der Waals surface area (Å²) < 4.78 is 6.73. The molecule has 106 valence electrons. The number of nitrogens with zero attached hydrogens (tertiary/aromatic N) is 2. The van der Waals surface area contributed by atoms with Crippen LogP contribution in [0.15, 0.2) is 15.8 Å². The van der Waals surface area contributed by atoms with Crippen LogP contribution in [-0.2, 0) is 11.3 Å². The van der Waals surface area contributed by atoms with Gasteiger partial charge in [0.05, 0.1) is 13.2 Å². The number of hydrogen-bond acceptors (Lipinski definition) is 5. The smallest absolute Gasteiger partial charge is 0.328 e. The molecule has 1 aliphatic rings. The van der Waals surface area contributed by atoms with Crippen LogP contribution in [0.25, 0.3) is 0 Å². The lowest BCUT2D eigenvalue weighted by atomic mass is 10.3. The van der Waals surface area contributed by atoms with Crippen molar-refractivity contribution in [2.75, 3.05) is 37.8 Å². The lowest BCUT2D eigenvalue weighted by molar-refractivity contribution is 0.122. The molecule has 0 unspecified atom stereocenters. The van der Waals surface area contributed by atoms with Crippen LogP contribution in [0.1, 0.15) is 12.8 Å². The molecule has 0 atom stereocenters. The number of anilines is 1. The maximum atomic E-state index is 11.8. The molecule has 0 bridgehead atoms. The van der Waals surface area contributed by atoms with E-state index < -0.39 is 5.69 Å². The fraction of sp³-hybridized carbons (Fsp3) is 0.667. The Kier molecular flexibility index (Phi) is 4.75. The van der Waals surface area contributed by atoms with Gasteiger partial charge in [0.2, 0.25) is 0 Å². The van der Waals surface area contributed by atoms with E-state index in [-0.39, 0.29) is 12.2 Å². The standard InChI is InChI=1S/C12H19N3O4/c16-6-2-1-3-15-9-10(11(17)13-12(15)18)14-4-7-19-8-5-14/h9,16H,1-8H2,(H,13,17,18). The van der Waals surface area contributed by atoms with Crippen molar-refractivity contribution in [1.82, 2.24) is 9.55 Å². The lowest BCUT2D eigenvalue weighted by Crippen LogP contribution is -2.42. The van der Waals surface area contributed by atoms with E-state index in [1.807, 2.05) is 4.90 Å². The second-order valence-electron chi connectivity index (χ2n) is 4.50. The van der Waals surface area contributed by atoms with Crippen LogP contribution in [0.4, 0.5) is 5.69 Å². The van der Waals surface area contributed by atoms with E-state index in [1.165, 1.54) is 4.57 Å². The third-order valence-electron chi connectivity index (χ3n) is 3.15. The van der Waals surface area contributed by atoms with Gasteiger partial charge in [-0.05, 0) is 12.8 Å². The highest BCUT2D eigenvalue weighted by atomic mass is 16.5. The summed E-state index contributed by atoms with van der Waals surface area (Å²) in [5.41, 5.74) is -0.253. The molecule has 2 heterocycles. The topological polar surface area (TPSA) is 87.6 Å². The molecule has 0 spiro atoms. The van der Waals surface area contributed by atoms with Crippen molar-refractivity contribution in [2.45, 2.75) is 19.4 Å². The third-order valence-corrected chi connectivity index (χ3v) is 3.15. The number of aryl methyl sites for hydroxylation is 1. The normalized spacial score (nSPS) is 15.7. The Morgan fingerprint density at radius 2 is 2.00 bits per heavy atom. The molecule has 7 nitrogen and oxygen atoms in total. The molecule has 0 amide bonds. The quantitative estimate of drug-likeness (QED) is 0.680. The first-order valence-electron chi connectivity index (χ1n) is 6.49. The average Bonchev–Trinajstić information content (AvgIpc) is 2.42. The van der Waals surface area contributed by atoms with Crippen molar-refractivity contribution >= 4 is 5.69 Å². The number of ether oxygens (including phenoxy) is 1. The highest BCUT2D eigenvalue weighted by molar-refractivity contribution is 5.42. The van der Waals surface area contributed by atoms with Crippen molar-refractivity contribution in [3.63, 3.8) is 0 Å². The van der Waals surface area contributed by atoms with E-state index in [2.05, 4.69) is 4.98 Å². The van der Waals surface area contributed by atoms with Gasteiger partial charge in [-0.15, -0.1) is 0 Å². The summed E-state index contributed by atoms with van der Waals surface area (Å²) in [6, 6.07) is 0. The van der Waals surface area contributed by atoms with Gasteiger partial charge in [-0.3, -0.25) is 14.3 Å². The Hall–Kier alpha value is -1.60. The van der Waals surface area contributed by atoms with Crippen molar-refractivity contribution < 1.29 is 9.84 Å². The average molecular weight is 269 g/mol. The SMILES string of the molecule is O=c1[nH]c(=O)n(CCCCO)cc1N1CCOCC1. The number of morpholine rings is 1. The Labute approximate surface area is 110 Å². The van der Waals surface area contributed by atoms with Gasteiger partial charge in [0, 0.05) is 32.4 Å². The van der Waals surface area contributed by atoms with Gasteiger partial charge in [-0.2, -0.15) is 0 Å². The molecule has 1 aromatic heterocycles. The monoisotopic (exact) mass is 269 g/mol. The van der Waals surface area contributed by atoms with Crippen LogP contribution in [-0.4, -0.2) is 47.6 Å². The maximum Gasteiger partial charge on any atom is 0.328 e. The fourth-order valence-electron chi connectivity index (χ4n) is 2.09. The van der Waals surface area contributed by atoms with Gasteiger partial charge in [-0.1, -0.05) is 0 Å². The van der Waals surface area contributed by atoms with E-state index in [0.717, 1.165) is 0 Å². The minimum Gasteiger partial charge on any atom is -0.396 e. The molecule has 1 saturated heterocycles.